The van der Waals surface area contributed by atoms with Crippen molar-refractivity contribution in [3.63, 3.8) is 0 Å². The number of nitrogens with two attached hydrogens (primary N) is 1. The molecular formula is C28H31N9O4. The molecule has 3 aromatic heterocycles. The van der Waals surface area contributed by atoms with Crippen LogP contribution in [0, 0.1) is 6.92 Å². The number of aldehydes is 1. The average Bonchev–Trinajstić information content (AvgIpc) is 3.70. The minimum Gasteiger partial charge on any atom is -0.471 e. The molecular weight excluding hydrogens is 526 g/mol. The molecule has 0 bridgehead atoms. The van der Waals surface area contributed by atoms with E-state index in [-0.39, 0.29) is 42.0 Å². The second-order valence-electron chi connectivity index (χ2n) is 9.74. The first-order valence-corrected chi connectivity index (χ1v) is 13.1. The Morgan fingerprint density at radius 1 is 1.39 bits per heavy atom. The van der Waals surface area contributed by atoms with Crippen LogP contribution in [0.25, 0.3) is 22.2 Å². The number of allylic oxidation sites excluding steroid dienone is 1. The zero-order chi connectivity index (χ0) is 28.9. The minimum absolute atomic E-state index is 0.108. The highest BCUT2D eigenvalue weighted by atomic mass is 16.5. The van der Waals surface area contributed by atoms with Crippen molar-refractivity contribution >= 4 is 40.6 Å². The molecule has 4 aromatic rings. The smallest absolute Gasteiger partial charge is 0.255 e. The third-order valence-corrected chi connectivity index (χ3v) is 6.70. The highest BCUT2D eigenvalue weighted by molar-refractivity contribution is 6.06. The van der Waals surface area contributed by atoms with E-state index in [1.54, 1.807) is 19.3 Å². The van der Waals surface area contributed by atoms with Crippen LogP contribution in [0.5, 0.6) is 5.88 Å². The number of aryl methyl sites for hydroxylation is 1. The van der Waals surface area contributed by atoms with E-state index in [9.17, 15) is 9.59 Å². The topological polar surface area (TPSA) is 177 Å². The summed E-state index contributed by atoms with van der Waals surface area (Å²) in [5, 5.41) is 10.6. The molecule has 1 saturated heterocycles. The number of rotatable bonds is 10. The summed E-state index contributed by atoms with van der Waals surface area (Å²) in [4.78, 5) is 42.3. The molecule has 13 heteroatoms. The van der Waals surface area contributed by atoms with E-state index in [1.165, 1.54) is 6.07 Å². The number of aromatic nitrogens is 4. The van der Waals surface area contributed by atoms with Gasteiger partial charge in [0.1, 0.15) is 11.9 Å². The number of ether oxygens (including phenoxy) is 1. The lowest BCUT2D eigenvalue weighted by Crippen LogP contribution is -2.33. The minimum atomic E-state index is -0.147. The van der Waals surface area contributed by atoms with Crippen LogP contribution in [0.3, 0.4) is 0 Å². The third-order valence-electron chi connectivity index (χ3n) is 6.70. The summed E-state index contributed by atoms with van der Waals surface area (Å²) in [5.41, 5.74) is 10.8. The molecule has 1 aliphatic rings. The maximum Gasteiger partial charge on any atom is 0.255 e. The fourth-order valence-corrected chi connectivity index (χ4v) is 4.64. The monoisotopic (exact) mass is 557 g/mol. The fourth-order valence-electron chi connectivity index (χ4n) is 4.64. The predicted octanol–water partition coefficient (Wildman–Crippen LogP) is 2.94. The lowest BCUT2D eigenvalue weighted by molar-refractivity contribution is -0.117. The van der Waals surface area contributed by atoms with Gasteiger partial charge in [0.15, 0.2) is 6.29 Å². The first kappa shape index (κ1) is 27.5. The Morgan fingerprint density at radius 3 is 3.02 bits per heavy atom. The van der Waals surface area contributed by atoms with Crippen molar-refractivity contribution in [3.8, 4) is 17.1 Å². The van der Waals surface area contributed by atoms with E-state index < -0.39 is 0 Å². The van der Waals surface area contributed by atoms with Gasteiger partial charge in [-0.1, -0.05) is 12.1 Å². The lowest BCUT2D eigenvalue weighted by Gasteiger charge is -2.16. The Hall–Kier alpha value is -5.04. The number of hydrogen-bond acceptors (Lipinski definition) is 10. The number of aromatic amines is 1. The molecule has 1 amide bonds. The van der Waals surface area contributed by atoms with Crippen molar-refractivity contribution in [3.05, 3.63) is 59.8 Å². The molecule has 41 heavy (non-hydrogen) atoms. The number of H-pyrrole nitrogens is 1. The van der Waals surface area contributed by atoms with Gasteiger partial charge in [0, 0.05) is 49.2 Å². The van der Waals surface area contributed by atoms with Crippen molar-refractivity contribution in [2.45, 2.75) is 26.4 Å². The maximum atomic E-state index is 13.0. The standard InChI is InChI=1S/C28H31N9O4/c1-16-11-32-28(34-23(29)9-17(2)30-3)35-26(16)21-12-31-27-20(21)5-4-6-22(27)33-24(39)14-37-8-7-18(13-37)40-25-10-19(15-38)41-36-25/h4-6,9-12,15,18,30-31H,7-8,13-14H2,1-3H3,(H,33,39)(H2,29,32,34,35)/b17-9-. The van der Waals surface area contributed by atoms with E-state index in [2.05, 4.69) is 35.7 Å². The normalized spacial score (nSPS) is 16.2. The number of fused-ring (bicyclic) bond motifs is 1. The van der Waals surface area contributed by atoms with E-state index in [4.69, 9.17) is 15.0 Å². The molecule has 1 fully saturated rings. The van der Waals surface area contributed by atoms with E-state index in [0.29, 0.717) is 30.8 Å². The first-order chi connectivity index (χ1) is 19.8. The summed E-state index contributed by atoms with van der Waals surface area (Å²) in [7, 11) is 1.80. The van der Waals surface area contributed by atoms with Gasteiger partial charge in [-0.25, -0.2) is 9.97 Å². The van der Waals surface area contributed by atoms with Gasteiger partial charge in [0.25, 0.3) is 11.8 Å². The number of amides is 1. The molecule has 0 aliphatic carbocycles. The molecule has 0 radical (unpaired) electrons. The molecule has 212 valence electrons. The van der Waals surface area contributed by atoms with Crippen molar-refractivity contribution in [1.82, 2.24) is 30.3 Å². The van der Waals surface area contributed by atoms with Crippen molar-refractivity contribution < 1.29 is 18.8 Å². The SMILES string of the molecule is CN/C(C)=C\C(N)=N/c1ncc(C)c(-c2c[nH]c3c(NC(=O)CN4CCC(Oc5cc(C=O)on5)C4)cccc23)n1. The van der Waals surface area contributed by atoms with E-state index in [0.717, 1.165) is 34.1 Å². The molecule has 1 atom stereocenters. The van der Waals surface area contributed by atoms with Gasteiger partial charge in [-0.3, -0.25) is 14.5 Å². The fraction of sp³-hybridized carbons (Fsp3) is 0.286. The summed E-state index contributed by atoms with van der Waals surface area (Å²) < 4.78 is 10.6. The van der Waals surface area contributed by atoms with Crippen molar-refractivity contribution in [2.24, 2.45) is 10.7 Å². The second kappa shape index (κ2) is 12.0. The van der Waals surface area contributed by atoms with Crippen LogP contribution in [0.2, 0.25) is 0 Å². The lowest BCUT2D eigenvalue weighted by atomic mass is 10.1. The second-order valence-corrected chi connectivity index (χ2v) is 9.74. The number of amidine groups is 1. The van der Waals surface area contributed by atoms with Crippen LogP contribution in [0.1, 0.15) is 29.5 Å². The Kier molecular flexibility index (Phi) is 8.06. The Labute approximate surface area is 235 Å². The zero-order valence-corrected chi connectivity index (χ0v) is 23.0. The number of para-hydroxylation sites is 1. The molecule has 5 N–H and O–H groups in total. The van der Waals surface area contributed by atoms with E-state index in [1.807, 2.05) is 43.1 Å². The van der Waals surface area contributed by atoms with E-state index >= 15 is 0 Å². The van der Waals surface area contributed by atoms with Crippen LogP contribution < -0.4 is 21.1 Å². The summed E-state index contributed by atoms with van der Waals surface area (Å²) in [6.45, 7) is 5.27. The van der Waals surface area contributed by atoms with Crippen LogP contribution in [0.4, 0.5) is 11.6 Å². The zero-order valence-electron chi connectivity index (χ0n) is 23.0. The molecule has 1 aliphatic heterocycles. The van der Waals surface area contributed by atoms with Crippen LogP contribution in [0.15, 0.2) is 57.9 Å². The number of anilines is 1. The number of nitrogens with one attached hydrogen (secondary N) is 3. The van der Waals surface area contributed by atoms with Gasteiger partial charge in [-0.15, -0.1) is 0 Å². The van der Waals surface area contributed by atoms with Gasteiger partial charge < -0.3 is 30.6 Å². The van der Waals surface area contributed by atoms with Gasteiger partial charge in [0.2, 0.25) is 11.7 Å². The largest absolute Gasteiger partial charge is 0.471 e. The number of hydrogen-bond donors (Lipinski definition) is 4. The highest BCUT2D eigenvalue weighted by Crippen LogP contribution is 2.33. The summed E-state index contributed by atoms with van der Waals surface area (Å²) >= 11 is 0. The molecule has 1 aromatic carbocycles. The average molecular weight is 558 g/mol. The summed E-state index contributed by atoms with van der Waals surface area (Å²) in [6.07, 6.45) is 6.44. The van der Waals surface area contributed by atoms with Gasteiger partial charge in [-0.2, -0.15) is 4.99 Å². The van der Waals surface area contributed by atoms with Crippen LogP contribution >= 0.6 is 0 Å². The Morgan fingerprint density at radius 2 is 2.24 bits per heavy atom. The molecule has 5 rings (SSSR count). The molecule has 13 nitrogen and oxygen atoms in total. The molecule has 1 unspecified atom stereocenters. The first-order valence-electron chi connectivity index (χ1n) is 13.1. The third kappa shape index (κ3) is 6.41. The number of carbonyl (C=O) groups is 2. The van der Waals surface area contributed by atoms with Crippen molar-refractivity contribution in [1.29, 1.82) is 0 Å². The maximum absolute atomic E-state index is 13.0. The molecule has 4 heterocycles. The number of nitrogens with zero attached hydrogens (tertiary/aromatic N) is 5. The highest BCUT2D eigenvalue weighted by Gasteiger charge is 2.26. The quantitative estimate of drug-likeness (QED) is 0.129. The van der Waals surface area contributed by atoms with Gasteiger partial charge in [-0.05, 0) is 43.1 Å². The number of likely N-dealkylation sites (tertiary alicyclic amines) is 1. The number of benzene rings is 1. The van der Waals surface area contributed by atoms with Crippen LogP contribution in [-0.2, 0) is 4.79 Å². The Bertz CT molecular complexity index is 1640. The molecule has 0 saturated carbocycles. The van der Waals surface area contributed by atoms with Gasteiger partial charge in [0.05, 0.1) is 29.5 Å². The Balaban J connectivity index is 1.28. The summed E-state index contributed by atoms with van der Waals surface area (Å²) in [6, 6.07) is 7.16. The summed E-state index contributed by atoms with van der Waals surface area (Å²) in [5.74, 6) is 0.769. The van der Waals surface area contributed by atoms with Crippen molar-refractivity contribution in [2.75, 3.05) is 32.0 Å². The van der Waals surface area contributed by atoms with Gasteiger partial charge >= 0.3 is 0 Å². The van der Waals surface area contributed by atoms with Crippen LogP contribution in [-0.4, -0.2) is 75.8 Å². The number of aliphatic imine (C=N–C) groups is 1. The molecule has 0 spiro atoms. The predicted molar refractivity (Wildman–Crippen MR) is 154 cm³/mol. The number of carbonyl (C=O) groups excluding carboxylic acids is 2.